The lowest BCUT2D eigenvalue weighted by molar-refractivity contribution is 0.0517. The molecule has 1 amide bonds. The molecule has 0 heterocycles. The van der Waals surface area contributed by atoms with Gasteiger partial charge in [0.05, 0.1) is 6.04 Å². The fourth-order valence-corrected chi connectivity index (χ4v) is 0.632. The van der Waals surface area contributed by atoms with Gasteiger partial charge in [0.2, 0.25) is 0 Å². The Morgan fingerprint density at radius 2 is 2.00 bits per heavy atom. The van der Waals surface area contributed by atoms with Gasteiger partial charge in [-0.05, 0) is 32.6 Å². The van der Waals surface area contributed by atoms with E-state index in [4.69, 9.17) is 4.74 Å². The summed E-state index contributed by atoms with van der Waals surface area (Å²) in [5.74, 6) is 0. The highest BCUT2D eigenvalue weighted by molar-refractivity contribution is 7.84. The highest BCUT2D eigenvalue weighted by Crippen LogP contribution is 2.08. The predicted molar refractivity (Wildman–Crippen MR) is 57.0 cm³/mol. The van der Waals surface area contributed by atoms with Crippen LogP contribution in [0.4, 0.5) is 4.79 Å². The van der Waals surface area contributed by atoms with E-state index in [2.05, 4.69) is 24.5 Å². The molecule has 0 aliphatic heterocycles. The van der Waals surface area contributed by atoms with E-state index >= 15 is 0 Å². The van der Waals surface area contributed by atoms with Gasteiger partial charge in [0, 0.05) is 0 Å². The Hall–Kier alpha value is -0.640. The highest BCUT2D eigenvalue weighted by Gasteiger charge is 2.17. The van der Waals surface area contributed by atoms with Crippen LogP contribution in [0.2, 0.25) is 0 Å². The first-order valence-corrected chi connectivity index (χ1v) is 4.54. The number of nitrogens with one attached hydrogen (secondary N) is 1. The summed E-state index contributed by atoms with van der Waals surface area (Å²) in [6.45, 7) is 10.8. The molecule has 0 bridgehead atoms. The lowest BCUT2D eigenvalue weighted by atomic mass is 10.2. The van der Waals surface area contributed by atoms with Crippen LogP contribution in [-0.4, -0.2) is 17.7 Å². The first-order chi connectivity index (χ1) is 5.72. The van der Waals surface area contributed by atoms with Gasteiger partial charge >= 0.3 is 6.09 Å². The molecule has 0 radical (unpaired) electrons. The Labute approximate surface area is 84.9 Å². The summed E-state index contributed by atoms with van der Waals surface area (Å²) in [5, 5.41) is 2.60. The third-order valence-corrected chi connectivity index (χ3v) is 1.62. The van der Waals surface area contributed by atoms with Crippen molar-refractivity contribution in [1.82, 2.24) is 5.32 Å². The first kappa shape index (κ1) is 12.4. The zero-order chi connectivity index (χ0) is 10.6. The molecule has 0 fully saturated rings. The second-order valence-corrected chi connectivity index (χ2v) is 4.43. The van der Waals surface area contributed by atoms with Crippen LogP contribution in [0.25, 0.3) is 0 Å². The maximum Gasteiger partial charge on any atom is 0.408 e. The molecule has 0 aliphatic rings. The Balaban J connectivity index is 3.96. The van der Waals surface area contributed by atoms with Gasteiger partial charge in [0.25, 0.3) is 0 Å². The molecule has 0 saturated carbocycles. The molecule has 0 saturated heterocycles. The van der Waals surface area contributed by atoms with Crippen LogP contribution in [0.5, 0.6) is 0 Å². The number of carbonyl (C=O) groups excluding carboxylic acids is 1. The van der Waals surface area contributed by atoms with Gasteiger partial charge in [-0.1, -0.05) is 6.58 Å². The summed E-state index contributed by atoms with van der Waals surface area (Å²) >= 11 is 4.01. The van der Waals surface area contributed by atoms with E-state index in [9.17, 15) is 4.79 Å². The van der Waals surface area contributed by atoms with Crippen molar-refractivity contribution in [3.63, 3.8) is 0 Å². The fourth-order valence-electron chi connectivity index (χ4n) is 0.568. The maximum atomic E-state index is 11.2. The van der Waals surface area contributed by atoms with Crippen LogP contribution in [-0.2, 0) is 4.74 Å². The Morgan fingerprint density at radius 3 is 2.31 bits per heavy atom. The molecule has 0 aromatic rings. The zero-order valence-electron chi connectivity index (χ0n) is 8.55. The summed E-state index contributed by atoms with van der Waals surface area (Å²) < 4.78 is 5.03. The molecule has 0 aromatic heterocycles. The second kappa shape index (κ2) is 4.56. The average Bonchev–Trinajstić information content (AvgIpc) is 1.81. The minimum atomic E-state index is -0.471. The maximum absolute atomic E-state index is 11.2. The smallest absolute Gasteiger partial charge is 0.408 e. The molecule has 0 aromatic carbocycles. The Bertz CT molecular complexity index is 208. The number of hydrogen-bond donors (Lipinski definition) is 2. The number of hydrogen-bond acceptors (Lipinski definition) is 3. The Kier molecular flexibility index (Phi) is 4.33. The monoisotopic (exact) mass is 203 g/mol. The summed E-state index contributed by atoms with van der Waals surface area (Å²) in [7, 11) is 0. The molecular formula is C9H17NO2S. The van der Waals surface area contributed by atoms with Gasteiger partial charge in [0.1, 0.15) is 5.60 Å². The largest absolute Gasteiger partial charge is 0.444 e. The van der Waals surface area contributed by atoms with Crippen molar-refractivity contribution in [2.45, 2.75) is 39.3 Å². The fraction of sp³-hybridized carbons (Fsp3) is 0.667. The van der Waals surface area contributed by atoms with Crippen molar-refractivity contribution < 1.29 is 9.53 Å². The predicted octanol–water partition coefficient (Wildman–Crippen LogP) is 2.34. The molecule has 0 rings (SSSR count). The van der Waals surface area contributed by atoms with Crippen molar-refractivity contribution in [3.8, 4) is 0 Å². The molecule has 0 aliphatic carbocycles. The number of ether oxygens (including phenoxy) is 1. The van der Waals surface area contributed by atoms with Crippen LogP contribution in [0.1, 0.15) is 27.7 Å². The van der Waals surface area contributed by atoms with Gasteiger partial charge in [-0.25, -0.2) is 4.79 Å². The number of thiol groups is 1. The Morgan fingerprint density at radius 1 is 1.54 bits per heavy atom. The number of amides is 1. The van der Waals surface area contributed by atoms with Gasteiger partial charge in [-0.2, -0.15) is 0 Å². The number of rotatable bonds is 2. The quantitative estimate of drug-likeness (QED) is 0.676. The number of alkyl carbamates (subject to hydrolysis) is 1. The lowest BCUT2D eigenvalue weighted by Gasteiger charge is -2.21. The van der Waals surface area contributed by atoms with E-state index in [0.717, 1.165) is 0 Å². The standard InChI is InChI=1S/C9H17NO2S/c1-6(7(2)13)10-8(11)12-9(3,4)5/h6,13H,2H2,1,3-5H3,(H,10,11). The molecule has 1 atom stereocenters. The molecule has 1 N–H and O–H groups in total. The van der Waals surface area contributed by atoms with Crippen molar-refractivity contribution in [3.05, 3.63) is 11.5 Å². The van der Waals surface area contributed by atoms with E-state index in [-0.39, 0.29) is 6.04 Å². The average molecular weight is 203 g/mol. The minimum absolute atomic E-state index is 0.182. The van der Waals surface area contributed by atoms with E-state index in [0.29, 0.717) is 4.91 Å². The van der Waals surface area contributed by atoms with Crippen LogP contribution in [0.15, 0.2) is 11.5 Å². The molecule has 4 heteroatoms. The molecule has 3 nitrogen and oxygen atoms in total. The van der Waals surface area contributed by atoms with E-state index in [1.807, 2.05) is 20.8 Å². The first-order valence-electron chi connectivity index (χ1n) is 4.09. The van der Waals surface area contributed by atoms with E-state index in [1.54, 1.807) is 6.92 Å². The van der Waals surface area contributed by atoms with Crippen LogP contribution >= 0.6 is 12.6 Å². The molecule has 13 heavy (non-hydrogen) atoms. The van der Waals surface area contributed by atoms with Crippen molar-refractivity contribution in [2.24, 2.45) is 0 Å². The summed E-state index contributed by atoms with van der Waals surface area (Å²) in [4.78, 5) is 11.8. The van der Waals surface area contributed by atoms with Gasteiger partial charge in [0.15, 0.2) is 0 Å². The SMILES string of the molecule is C=C(S)C(C)NC(=O)OC(C)(C)C. The summed E-state index contributed by atoms with van der Waals surface area (Å²) in [6, 6.07) is -0.182. The summed E-state index contributed by atoms with van der Waals surface area (Å²) in [6.07, 6.45) is -0.449. The molecule has 76 valence electrons. The van der Waals surface area contributed by atoms with Crippen LogP contribution in [0.3, 0.4) is 0 Å². The topological polar surface area (TPSA) is 38.3 Å². The third kappa shape index (κ3) is 6.51. The second-order valence-electron chi connectivity index (χ2n) is 3.86. The molecular weight excluding hydrogens is 186 g/mol. The van der Waals surface area contributed by atoms with Crippen molar-refractivity contribution >= 4 is 18.7 Å². The number of carbonyl (C=O) groups is 1. The summed E-state index contributed by atoms with van der Waals surface area (Å²) in [5.41, 5.74) is -0.471. The molecule has 0 spiro atoms. The van der Waals surface area contributed by atoms with Gasteiger partial charge < -0.3 is 10.1 Å². The van der Waals surface area contributed by atoms with Gasteiger partial charge in [-0.15, -0.1) is 12.6 Å². The van der Waals surface area contributed by atoms with Gasteiger partial charge in [-0.3, -0.25) is 0 Å². The minimum Gasteiger partial charge on any atom is -0.444 e. The van der Waals surface area contributed by atoms with E-state index in [1.165, 1.54) is 0 Å². The zero-order valence-corrected chi connectivity index (χ0v) is 9.44. The molecule has 1 unspecified atom stereocenters. The lowest BCUT2D eigenvalue weighted by Crippen LogP contribution is -2.37. The van der Waals surface area contributed by atoms with Crippen molar-refractivity contribution in [1.29, 1.82) is 0 Å². The highest BCUT2D eigenvalue weighted by atomic mass is 32.1. The van der Waals surface area contributed by atoms with E-state index < -0.39 is 11.7 Å². The normalized spacial score (nSPS) is 13.3. The van der Waals surface area contributed by atoms with Crippen LogP contribution in [0, 0.1) is 0 Å². The van der Waals surface area contributed by atoms with Crippen LogP contribution < -0.4 is 5.32 Å². The third-order valence-electron chi connectivity index (χ3n) is 1.23. The van der Waals surface area contributed by atoms with Crippen molar-refractivity contribution in [2.75, 3.05) is 0 Å².